The number of hydrogen-bond acceptors (Lipinski definition) is 6. The molecule has 3 aromatic rings. The highest BCUT2D eigenvalue weighted by molar-refractivity contribution is 6.03. The van der Waals surface area contributed by atoms with Gasteiger partial charge in [-0.2, -0.15) is 4.58 Å². The molecule has 2 heterocycles. The van der Waals surface area contributed by atoms with E-state index in [1.807, 2.05) is 18.2 Å². The molecule has 0 saturated heterocycles. The Morgan fingerprint density at radius 1 is 0.800 bits per heavy atom. The van der Waals surface area contributed by atoms with Crippen molar-refractivity contribution in [3.05, 3.63) is 136 Å². The summed E-state index contributed by atoms with van der Waals surface area (Å²) in [5.41, 5.74) is 11.8. The first-order valence-corrected chi connectivity index (χ1v) is 18.8. The van der Waals surface area contributed by atoms with Crippen molar-refractivity contribution in [3.8, 4) is 5.75 Å². The summed E-state index contributed by atoms with van der Waals surface area (Å²) in [6.45, 7) is 14.9. The van der Waals surface area contributed by atoms with Crippen LogP contribution in [0.25, 0.3) is 0 Å². The smallest absolute Gasteiger partial charge is 0.209 e. The van der Waals surface area contributed by atoms with E-state index in [0.717, 1.165) is 56.6 Å². The van der Waals surface area contributed by atoms with Crippen molar-refractivity contribution >= 4 is 17.1 Å². The number of nitrogens with zero attached hydrogens (tertiary/aromatic N) is 1. The first-order chi connectivity index (χ1) is 23.8. The Bertz CT molecular complexity index is 1840. The zero-order valence-corrected chi connectivity index (χ0v) is 30.8. The number of hydrogen-bond donors (Lipinski definition) is 1. The third kappa shape index (κ3) is 8.31. The van der Waals surface area contributed by atoms with E-state index in [2.05, 4.69) is 130 Å². The summed E-state index contributed by atoms with van der Waals surface area (Å²) in [5, 5.41) is 3.77. The normalized spacial score (nSPS) is 19.4. The Balaban J connectivity index is 0.000000908. The van der Waals surface area contributed by atoms with Gasteiger partial charge in [0.1, 0.15) is 18.1 Å². The molecule has 6 rings (SSSR count). The zero-order chi connectivity index (χ0) is 36.1. The van der Waals surface area contributed by atoms with Gasteiger partial charge in [-0.3, -0.25) is 0 Å². The molecule has 2 aliphatic heterocycles. The summed E-state index contributed by atoms with van der Waals surface area (Å²) in [6.07, 6.45) is 15.8. The van der Waals surface area contributed by atoms with Crippen molar-refractivity contribution in [1.29, 1.82) is 0 Å². The maximum absolute atomic E-state index is 8.49. The third-order valence-corrected chi connectivity index (χ3v) is 9.82. The minimum absolute atomic E-state index is 0.0631. The average Bonchev–Trinajstić information content (AvgIpc) is 3.45. The van der Waals surface area contributed by atoms with Crippen LogP contribution in [0.3, 0.4) is 0 Å². The summed E-state index contributed by atoms with van der Waals surface area (Å²) in [6, 6.07) is 25.9. The number of para-hydroxylation sites is 2. The average molecular weight is 697 g/mol. The van der Waals surface area contributed by atoms with Crippen LogP contribution in [0.2, 0.25) is 0 Å². The number of rotatable bonds is 9. The molecule has 264 valence electrons. The van der Waals surface area contributed by atoms with E-state index in [1.165, 1.54) is 50.6 Å². The van der Waals surface area contributed by atoms with Gasteiger partial charge in [0.05, 0.1) is 5.41 Å². The molecule has 8 heteroatoms. The number of aryl methyl sites for hydroxylation is 1. The van der Waals surface area contributed by atoms with Crippen LogP contribution in [0.4, 0.5) is 11.4 Å². The predicted octanol–water partition coefficient (Wildman–Crippen LogP) is 5.96. The Morgan fingerprint density at radius 3 is 2.20 bits per heavy atom. The van der Waals surface area contributed by atoms with Gasteiger partial charge in [0, 0.05) is 40.9 Å². The summed E-state index contributed by atoms with van der Waals surface area (Å²) < 4.78 is 43.2. The lowest BCUT2D eigenvalue weighted by molar-refractivity contribution is -2.00. The SMILES string of the molecule is CCCc1cccc2c1C(C)(C)C(=CC=C1CCCC(C=CC3=[N+](CCC)c4ccccc4C3(C)C)=C1Oc1ccccc1)N2.[O-][Cl+3]([O-])([O-])[O-]. The molecular weight excluding hydrogens is 648 g/mol. The first kappa shape index (κ1) is 37.3. The molecule has 0 radical (unpaired) electrons. The second-order valence-electron chi connectivity index (χ2n) is 14.1. The maximum Gasteiger partial charge on any atom is 0.209 e. The van der Waals surface area contributed by atoms with Crippen molar-refractivity contribution in [3.63, 3.8) is 0 Å². The lowest BCUT2D eigenvalue weighted by Gasteiger charge is -2.24. The summed E-state index contributed by atoms with van der Waals surface area (Å²) in [7, 11) is -4.94. The molecular formula is C42H49ClN2O5. The van der Waals surface area contributed by atoms with E-state index in [0.29, 0.717) is 0 Å². The molecule has 0 amide bonds. The van der Waals surface area contributed by atoms with Crippen LogP contribution >= 0.6 is 0 Å². The van der Waals surface area contributed by atoms with Crippen LogP contribution < -0.4 is 28.7 Å². The Labute approximate surface area is 299 Å². The van der Waals surface area contributed by atoms with E-state index >= 15 is 0 Å². The topological polar surface area (TPSA) is 117 Å². The van der Waals surface area contributed by atoms with Crippen LogP contribution in [0, 0.1) is 10.2 Å². The molecule has 3 aliphatic rings. The van der Waals surface area contributed by atoms with Gasteiger partial charge in [-0.1, -0.05) is 88.7 Å². The molecule has 0 aromatic heterocycles. The highest BCUT2D eigenvalue weighted by atomic mass is 35.7. The summed E-state index contributed by atoms with van der Waals surface area (Å²) in [4.78, 5) is 0. The maximum atomic E-state index is 8.49. The van der Waals surface area contributed by atoms with E-state index in [9.17, 15) is 0 Å². The quantitative estimate of drug-likeness (QED) is 0.276. The summed E-state index contributed by atoms with van der Waals surface area (Å²) >= 11 is 0. The second-order valence-corrected chi connectivity index (χ2v) is 14.9. The van der Waals surface area contributed by atoms with Crippen LogP contribution in [-0.4, -0.2) is 16.8 Å². The van der Waals surface area contributed by atoms with Crippen molar-refractivity contribution in [2.75, 3.05) is 11.9 Å². The van der Waals surface area contributed by atoms with Gasteiger partial charge in [-0.25, -0.2) is 18.6 Å². The van der Waals surface area contributed by atoms with Crippen LogP contribution in [0.5, 0.6) is 5.75 Å². The monoisotopic (exact) mass is 696 g/mol. The van der Waals surface area contributed by atoms with Crippen LogP contribution in [0.1, 0.15) is 90.3 Å². The van der Waals surface area contributed by atoms with Crippen molar-refractivity contribution < 1.29 is 38.2 Å². The Hall–Kier alpha value is -3.98. The minimum atomic E-state index is -4.94. The van der Waals surface area contributed by atoms with Gasteiger partial charge >= 0.3 is 0 Å². The van der Waals surface area contributed by atoms with Gasteiger partial charge < -0.3 is 10.1 Å². The lowest BCUT2D eigenvalue weighted by Crippen LogP contribution is -2.68. The molecule has 1 N–H and O–H groups in total. The van der Waals surface area contributed by atoms with Gasteiger partial charge in [-0.05, 0) is 92.2 Å². The van der Waals surface area contributed by atoms with Gasteiger partial charge in [0.2, 0.25) is 5.69 Å². The van der Waals surface area contributed by atoms with E-state index < -0.39 is 10.2 Å². The number of benzene rings is 3. The van der Waals surface area contributed by atoms with Crippen LogP contribution in [-0.2, 0) is 17.3 Å². The van der Waals surface area contributed by atoms with E-state index in [-0.39, 0.29) is 10.8 Å². The first-order valence-electron chi connectivity index (χ1n) is 17.6. The molecule has 0 spiro atoms. The van der Waals surface area contributed by atoms with Gasteiger partial charge in [-0.15, -0.1) is 10.2 Å². The van der Waals surface area contributed by atoms with E-state index in [1.54, 1.807) is 0 Å². The van der Waals surface area contributed by atoms with Crippen LogP contribution in [0.15, 0.2) is 120 Å². The highest BCUT2D eigenvalue weighted by Gasteiger charge is 2.44. The molecule has 3 aromatic carbocycles. The molecule has 0 fully saturated rings. The van der Waals surface area contributed by atoms with Crippen molar-refractivity contribution in [1.82, 2.24) is 0 Å². The molecule has 0 saturated carbocycles. The fraction of sp³-hybridized carbons (Fsp3) is 0.357. The van der Waals surface area contributed by atoms with Crippen molar-refractivity contribution in [2.45, 2.75) is 90.9 Å². The fourth-order valence-electron chi connectivity index (χ4n) is 7.53. The summed E-state index contributed by atoms with van der Waals surface area (Å²) in [5.74, 6) is 1.88. The highest BCUT2D eigenvalue weighted by Crippen LogP contribution is 2.46. The number of nitrogens with one attached hydrogen (secondary N) is 1. The molecule has 1 aliphatic carbocycles. The third-order valence-electron chi connectivity index (χ3n) is 9.82. The molecule has 7 nitrogen and oxygen atoms in total. The number of ether oxygens (including phenoxy) is 1. The fourth-order valence-corrected chi connectivity index (χ4v) is 7.53. The number of fused-ring (bicyclic) bond motifs is 2. The number of allylic oxidation sites excluding steroid dienone is 7. The molecule has 0 unspecified atom stereocenters. The standard InChI is InChI=1S/C42H48N2O.ClHO4/c1-7-16-30-17-15-23-35-39(30)42(5,6)37(43-35)27-25-31-18-14-19-32(40(31)45-33-20-10-9-11-21-33)26-28-38-41(3,4)34-22-12-13-24-36(34)44(38)29-8-2;2-1(3,4)5/h9-13,15,17,20-28H,7-8,14,16,18-19,29H2,1-6H3;(H,2,3,4,5). The molecule has 50 heavy (non-hydrogen) atoms. The van der Waals surface area contributed by atoms with Crippen molar-refractivity contribution in [2.24, 2.45) is 0 Å². The van der Waals surface area contributed by atoms with E-state index in [4.69, 9.17) is 23.4 Å². The predicted molar refractivity (Wildman–Crippen MR) is 190 cm³/mol. The number of halogens is 1. The zero-order valence-electron chi connectivity index (χ0n) is 30.1. The molecule has 0 atom stereocenters. The molecule has 0 bridgehead atoms. The lowest BCUT2D eigenvalue weighted by atomic mass is 9.80. The van der Waals surface area contributed by atoms with Gasteiger partial charge in [0.25, 0.3) is 0 Å². The Kier molecular flexibility index (Phi) is 11.6. The second kappa shape index (κ2) is 15.5. The number of anilines is 1. The minimum Gasteiger partial charge on any atom is -0.457 e. The van der Waals surface area contributed by atoms with Gasteiger partial charge in [0.15, 0.2) is 5.71 Å². The largest absolute Gasteiger partial charge is 0.457 e. The Morgan fingerprint density at radius 2 is 1.50 bits per heavy atom.